The molecular formula is C15H13ClN4O3S. The van der Waals surface area contributed by atoms with Gasteiger partial charge < -0.3 is 4.57 Å². The van der Waals surface area contributed by atoms with Gasteiger partial charge in [-0.3, -0.25) is 4.79 Å². The van der Waals surface area contributed by atoms with E-state index in [2.05, 4.69) is 15.2 Å². The van der Waals surface area contributed by atoms with Crippen molar-refractivity contribution in [3.63, 3.8) is 0 Å². The van der Waals surface area contributed by atoms with Gasteiger partial charge in [-0.1, -0.05) is 23.7 Å². The minimum atomic E-state index is -3.47. The Morgan fingerprint density at radius 1 is 1.17 bits per heavy atom. The maximum absolute atomic E-state index is 12.0. The normalized spacial score (nSPS) is 11.6. The van der Waals surface area contributed by atoms with E-state index < -0.39 is 9.84 Å². The first-order valence-electron chi connectivity index (χ1n) is 6.91. The van der Waals surface area contributed by atoms with Gasteiger partial charge in [-0.25, -0.2) is 13.5 Å². The van der Waals surface area contributed by atoms with Gasteiger partial charge in [0.15, 0.2) is 5.82 Å². The highest BCUT2D eigenvalue weighted by Crippen LogP contribution is 2.15. The fraction of sp³-hybridized carbons (Fsp3) is 0.133. The lowest BCUT2D eigenvalue weighted by atomic mass is 10.2. The zero-order valence-corrected chi connectivity index (χ0v) is 14.2. The standard InChI is InChI=1S/C15H13ClN4O3S/c1-24(22,23)15-17-14(18-19-15)11-4-7-13(21)20(9-11)8-10-2-5-12(16)6-3-10/h2-7,9H,8H2,1H3,(H,17,18,19). The molecule has 2 aromatic heterocycles. The van der Waals surface area contributed by atoms with Gasteiger partial charge in [-0.15, -0.1) is 0 Å². The lowest BCUT2D eigenvalue weighted by molar-refractivity contribution is 0.594. The number of rotatable bonds is 4. The molecule has 0 aliphatic rings. The SMILES string of the molecule is CS(=O)(=O)c1nc(-c2ccc(=O)n(Cc3ccc(Cl)cc3)c2)n[nH]1. The summed E-state index contributed by atoms with van der Waals surface area (Å²) >= 11 is 5.85. The molecule has 124 valence electrons. The Hall–Kier alpha value is -2.45. The van der Waals surface area contributed by atoms with Gasteiger partial charge in [-0.05, 0) is 23.8 Å². The van der Waals surface area contributed by atoms with E-state index in [-0.39, 0.29) is 16.5 Å². The molecule has 1 aromatic carbocycles. The van der Waals surface area contributed by atoms with E-state index in [1.807, 2.05) is 12.1 Å². The molecule has 0 saturated carbocycles. The van der Waals surface area contributed by atoms with Crippen LogP contribution in [0.3, 0.4) is 0 Å². The van der Waals surface area contributed by atoms with Crippen LogP contribution in [0.2, 0.25) is 5.02 Å². The van der Waals surface area contributed by atoms with Gasteiger partial charge in [-0.2, -0.15) is 10.1 Å². The summed E-state index contributed by atoms with van der Waals surface area (Å²) in [5, 5.41) is 6.68. The minimum Gasteiger partial charge on any atom is -0.310 e. The van der Waals surface area contributed by atoms with Crippen molar-refractivity contribution in [2.75, 3.05) is 6.26 Å². The summed E-state index contributed by atoms with van der Waals surface area (Å²) in [4.78, 5) is 16.0. The lowest BCUT2D eigenvalue weighted by Gasteiger charge is -2.07. The molecule has 0 fully saturated rings. The van der Waals surface area contributed by atoms with E-state index in [0.717, 1.165) is 11.8 Å². The number of pyridine rings is 1. The summed E-state index contributed by atoms with van der Waals surface area (Å²) in [6.45, 7) is 0.354. The summed E-state index contributed by atoms with van der Waals surface area (Å²) in [6.07, 6.45) is 2.63. The van der Waals surface area contributed by atoms with Crippen molar-refractivity contribution in [2.24, 2.45) is 0 Å². The highest BCUT2D eigenvalue weighted by Gasteiger charge is 2.15. The number of hydrogen-bond donors (Lipinski definition) is 1. The second-order valence-corrected chi connectivity index (χ2v) is 7.61. The van der Waals surface area contributed by atoms with E-state index in [0.29, 0.717) is 17.1 Å². The number of hydrogen-bond acceptors (Lipinski definition) is 5. The third kappa shape index (κ3) is 3.55. The van der Waals surface area contributed by atoms with Crippen LogP contribution in [-0.4, -0.2) is 34.4 Å². The molecule has 7 nitrogen and oxygen atoms in total. The van der Waals surface area contributed by atoms with Gasteiger partial charge in [0.1, 0.15) is 0 Å². The maximum atomic E-state index is 12.0. The number of nitrogens with one attached hydrogen (secondary N) is 1. The van der Waals surface area contributed by atoms with Gasteiger partial charge in [0, 0.05) is 29.1 Å². The molecule has 3 rings (SSSR count). The van der Waals surface area contributed by atoms with Gasteiger partial charge >= 0.3 is 0 Å². The van der Waals surface area contributed by atoms with Crippen molar-refractivity contribution in [1.29, 1.82) is 0 Å². The van der Waals surface area contributed by atoms with Crippen LogP contribution in [0.4, 0.5) is 0 Å². The molecule has 0 aliphatic heterocycles. The third-order valence-electron chi connectivity index (χ3n) is 3.32. The predicted octanol–water partition coefficient (Wildman–Crippen LogP) is 1.74. The number of aromatic nitrogens is 4. The van der Waals surface area contributed by atoms with Crippen LogP contribution >= 0.6 is 11.6 Å². The molecule has 0 atom stereocenters. The maximum Gasteiger partial charge on any atom is 0.250 e. The molecule has 0 saturated heterocycles. The second kappa shape index (κ2) is 6.21. The fourth-order valence-electron chi connectivity index (χ4n) is 2.12. The number of benzene rings is 1. The first-order chi connectivity index (χ1) is 11.3. The molecule has 0 aliphatic carbocycles. The molecule has 9 heteroatoms. The van der Waals surface area contributed by atoms with Crippen LogP contribution in [0.5, 0.6) is 0 Å². The quantitative estimate of drug-likeness (QED) is 0.760. The Balaban J connectivity index is 1.95. The smallest absolute Gasteiger partial charge is 0.250 e. The molecular weight excluding hydrogens is 352 g/mol. The zero-order chi connectivity index (χ0) is 17.3. The summed E-state index contributed by atoms with van der Waals surface area (Å²) < 4.78 is 24.4. The monoisotopic (exact) mass is 364 g/mol. The molecule has 2 heterocycles. The zero-order valence-electron chi connectivity index (χ0n) is 12.6. The summed E-state index contributed by atoms with van der Waals surface area (Å²) in [6, 6.07) is 10.1. The third-order valence-corrected chi connectivity index (χ3v) is 4.46. The average molecular weight is 365 g/mol. The van der Waals surface area contributed by atoms with Gasteiger partial charge in [0.2, 0.25) is 15.0 Å². The van der Waals surface area contributed by atoms with Crippen molar-refractivity contribution >= 4 is 21.4 Å². The number of H-pyrrole nitrogens is 1. The molecule has 3 aromatic rings. The van der Waals surface area contributed by atoms with Crippen LogP contribution < -0.4 is 5.56 Å². The fourth-order valence-corrected chi connectivity index (χ4v) is 2.71. The Bertz CT molecular complexity index is 1040. The van der Waals surface area contributed by atoms with Crippen molar-refractivity contribution in [2.45, 2.75) is 11.7 Å². The molecule has 24 heavy (non-hydrogen) atoms. The molecule has 0 spiro atoms. The summed E-state index contributed by atoms with van der Waals surface area (Å²) in [7, 11) is -3.47. The first kappa shape index (κ1) is 16.4. The van der Waals surface area contributed by atoms with Gasteiger partial charge in [0.25, 0.3) is 5.56 Å². The summed E-state index contributed by atoms with van der Waals surface area (Å²) in [5.74, 6) is 0.209. The average Bonchev–Trinajstić information content (AvgIpc) is 3.02. The van der Waals surface area contributed by atoms with E-state index in [9.17, 15) is 13.2 Å². The van der Waals surface area contributed by atoms with E-state index in [1.54, 1.807) is 24.4 Å². The number of nitrogens with zero attached hydrogens (tertiary/aromatic N) is 3. The number of sulfone groups is 1. The molecule has 0 bridgehead atoms. The van der Waals surface area contributed by atoms with E-state index in [1.165, 1.54) is 10.6 Å². The Labute approximate surface area is 142 Å². The summed E-state index contributed by atoms with van der Waals surface area (Å²) in [5.41, 5.74) is 1.26. The topological polar surface area (TPSA) is 97.7 Å². The van der Waals surface area contributed by atoms with E-state index in [4.69, 9.17) is 11.6 Å². The minimum absolute atomic E-state index is 0.187. The van der Waals surface area contributed by atoms with E-state index >= 15 is 0 Å². The molecule has 1 N–H and O–H groups in total. The number of aromatic amines is 1. The Morgan fingerprint density at radius 3 is 2.50 bits per heavy atom. The molecule has 0 radical (unpaired) electrons. The highest BCUT2D eigenvalue weighted by molar-refractivity contribution is 7.90. The van der Waals surface area contributed by atoms with Crippen molar-refractivity contribution < 1.29 is 8.42 Å². The number of halogens is 1. The van der Waals surface area contributed by atoms with Crippen LogP contribution in [0, 0.1) is 0 Å². The lowest BCUT2D eigenvalue weighted by Crippen LogP contribution is -2.19. The van der Waals surface area contributed by atoms with Crippen molar-refractivity contribution in [3.05, 3.63) is 63.5 Å². The predicted molar refractivity (Wildman–Crippen MR) is 89.7 cm³/mol. The largest absolute Gasteiger partial charge is 0.310 e. The van der Waals surface area contributed by atoms with Crippen LogP contribution in [0.1, 0.15) is 5.56 Å². The first-order valence-corrected chi connectivity index (χ1v) is 9.17. The van der Waals surface area contributed by atoms with Crippen LogP contribution in [0.25, 0.3) is 11.4 Å². The highest BCUT2D eigenvalue weighted by atomic mass is 35.5. The van der Waals surface area contributed by atoms with Crippen LogP contribution in [0.15, 0.2) is 52.5 Å². The molecule has 0 amide bonds. The second-order valence-electron chi connectivity index (χ2n) is 5.25. The van der Waals surface area contributed by atoms with Gasteiger partial charge in [0.05, 0.1) is 6.54 Å². The Morgan fingerprint density at radius 2 is 1.88 bits per heavy atom. The van der Waals surface area contributed by atoms with Crippen molar-refractivity contribution in [1.82, 2.24) is 19.7 Å². The van der Waals surface area contributed by atoms with Crippen molar-refractivity contribution in [3.8, 4) is 11.4 Å². The molecule has 0 unspecified atom stereocenters. The Kier molecular flexibility index (Phi) is 4.25. The van der Waals surface area contributed by atoms with Crippen LogP contribution in [-0.2, 0) is 16.4 Å².